The Morgan fingerprint density at radius 1 is 1.19 bits per heavy atom. The molecule has 1 fully saturated rings. The summed E-state index contributed by atoms with van der Waals surface area (Å²) in [6, 6.07) is 8.72. The van der Waals surface area contributed by atoms with Crippen LogP contribution in [0.4, 0.5) is 0 Å². The molecule has 0 aliphatic heterocycles. The van der Waals surface area contributed by atoms with Gasteiger partial charge in [0, 0.05) is 6.04 Å². The van der Waals surface area contributed by atoms with E-state index in [0.29, 0.717) is 5.92 Å². The number of ether oxygens (including phenoxy) is 1. The molecule has 0 aromatic heterocycles. The molecule has 1 atom stereocenters. The number of rotatable bonds is 7. The maximum absolute atomic E-state index is 5.83. The molecule has 21 heavy (non-hydrogen) atoms. The van der Waals surface area contributed by atoms with E-state index in [9.17, 15) is 0 Å². The van der Waals surface area contributed by atoms with Gasteiger partial charge in [-0.1, -0.05) is 45.2 Å². The number of hydrazine groups is 1. The third-order valence-corrected chi connectivity index (χ3v) is 4.72. The van der Waals surface area contributed by atoms with Gasteiger partial charge >= 0.3 is 0 Å². The van der Waals surface area contributed by atoms with Crippen molar-refractivity contribution in [3.05, 3.63) is 29.8 Å². The Morgan fingerprint density at radius 3 is 2.43 bits per heavy atom. The molecule has 0 heterocycles. The number of hydrogen-bond acceptors (Lipinski definition) is 3. The van der Waals surface area contributed by atoms with Gasteiger partial charge in [-0.2, -0.15) is 0 Å². The molecule has 0 bridgehead atoms. The van der Waals surface area contributed by atoms with Crippen LogP contribution in [0.1, 0.15) is 64.0 Å². The number of hydrogen-bond donors (Lipinski definition) is 2. The van der Waals surface area contributed by atoms with Crippen LogP contribution in [-0.4, -0.2) is 6.61 Å². The molecule has 1 aromatic rings. The van der Waals surface area contributed by atoms with Gasteiger partial charge in [-0.3, -0.25) is 11.3 Å². The highest BCUT2D eigenvalue weighted by Crippen LogP contribution is 2.36. The lowest BCUT2D eigenvalue weighted by atomic mass is 9.77. The first-order valence-electron chi connectivity index (χ1n) is 8.43. The molecule has 1 unspecified atom stereocenters. The minimum Gasteiger partial charge on any atom is -0.494 e. The van der Waals surface area contributed by atoms with E-state index in [0.717, 1.165) is 31.1 Å². The van der Waals surface area contributed by atoms with Gasteiger partial charge in [0.05, 0.1) is 6.61 Å². The van der Waals surface area contributed by atoms with Gasteiger partial charge in [-0.05, 0) is 48.8 Å². The molecule has 1 aromatic carbocycles. The van der Waals surface area contributed by atoms with Crippen LogP contribution in [0.25, 0.3) is 0 Å². The van der Waals surface area contributed by atoms with Crippen molar-refractivity contribution < 1.29 is 4.74 Å². The van der Waals surface area contributed by atoms with Crippen molar-refractivity contribution >= 4 is 0 Å². The third kappa shape index (κ3) is 4.72. The number of unbranched alkanes of at least 4 members (excludes halogenated alkanes) is 1. The van der Waals surface area contributed by atoms with Gasteiger partial charge in [0.25, 0.3) is 0 Å². The van der Waals surface area contributed by atoms with Gasteiger partial charge in [-0.15, -0.1) is 0 Å². The molecule has 3 heteroatoms. The normalized spacial score (nSPS) is 23.8. The topological polar surface area (TPSA) is 47.3 Å². The first kappa shape index (κ1) is 16.3. The fourth-order valence-electron chi connectivity index (χ4n) is 3.23. The molecule has 0 amide bonds. The van der Waals surface area contributed by atoms with E-state index in [-0.39, 0.29) is 6.04 Å². The van der Waals surface area contributed by atoms with E-state index in [1.54, 1.807) is 0 Å². The maximum Gasteiger partial charge on any atom is 0.119 e. The third-order valence-electron chi connectivity index (χ3n) is 4.72. The molecule has 1 aliphatic rings. The smallest absolute Gasteiger partial charge is 0.119 e. The van der Waals surface area contributed by atoms with Crippen LogP contribution in [0.5, 0.6) is 5.75 Å². The van der Waals surface area contributed by atoms with Crippen molar-refractivity contribution in [2.45, 2.75) is 58.4 Å². The molecule has 2 rings (SSSR count). The molecule has 118 valence electrons. The van der Waals surface area contributed by atoms with E-state index >= 15 is 0 Å². The van der Waals surface area contributed by atoms with Crippen molar-refractivity contribution in [3.8, 4) is 5.75 Å². The summed E-state index contributed by atoms with van der Waals surface area (Å²) in [6.07, 6.45) is 7.45. The van der Waals surface area contributed by atoms with E-state index in [1.165, 1.54) is 31.2 Å². The number of nitrogens with two attached hydrogens (primary N) is 1. The highest BCUT2D eigenvalue weighted by molar-refractivity contribution is 5.29. The monoisotopic (exact) mass is 290 g/mol. The number of benzene rings is 1. The van der Waals surface area contributed by atoms with Crippen LogP contribution in [0, 0.1) is 11.8 Å². The van der Waals surface area contributed by atoms with Crippen LogP contribution in [-0.2, 0) is 0 Å². The zero-order valence-corrected chi connectivity index (χ0v) is 13.5. The van der Waals surface area contributed by atoms with Crippen molar-refractivity contribution in [3.63, 3.8) is 0 Å². The van der Waals surface area contributed by atoms with E-state index in [1.807, 2.05) is 0 Å². The second kappa shape index (κ2) is 8.40. The molecule has 0 radical (unpaired) electrons. The molecular weight excluding hydrogens is 260 g/mol. The van der Waals surface area contributed by atoms with Crippen LogP contribution in [0.15, 0.2) is 24.3 Å². The first-order chi connectivity index (χ1) is 10.2. The summed E-state index contributed by atoms with van der Waals surface area (Å²) in [4.78, 5) is 0. The minimum atomic E-state index is 0.266. The Balaban J connectivity index is 1.95. The van der Waals surface area contributed by atoms with E-state index < -0.39 is 0 Å². The van der Waals surface area contributed by atoms with Crippen LogP contribution >= 0.6 is 0 Å². The van der Waals surface area contributed by atoms with Gasteiger partial charge in [0.2, 0.25) is 0 Å². The highest BCUT2D eigenvalue weighted by Gasteiger charge is 2.26. The minimum absolute atomic E-state index is 0.266. The van der Waals surface area contributed by atoms with Crippen LogP contribution in [0.3, 0.4) is 0 Å². The molecule has 1 saturated carbocycles. The highest BCUT2D eigenvalue weighted by atomic mass is 16.5. The first-order valence-corrected chi connectivity index (χ1v) is 8.43. The lowest BCUT2D eigenvalue weighted by molar-refractivity contribution is 0.232. The largest absolute Gasteiger partial charge is 0.494 e. The Morgan fingerprint density at radius 2 is 1.86 bits per heavy atom. The van der Waals surface area contributed by atoms with Gasteiger partial charge in [0.15, 0.2) is 0 Å². The standard InChI is InChI=1S/C18H30N2O/c1-3-4-13-21-17-11-9-16(10-12-17)18(20-19)15-7-5-14(2)6-8-15/h9-12,14-15,18,20H,3-8,13,19H2,1-2H3. The van der Waals surface area contributed by atoms with Crippen molar-refractivity contribution in [2.24, 2.45) is 17.7 Å². The van der Waals surface area contributed by atoms with Gasteiger partial charge < -0.3 is 4.74 Å². The molecule has 0 spiro atoms. The molecule has 1 aliphatic carbocycles. The Hall–Kier alpha value is -1.06. The van der Waals surface area contributed by atoms with Gasteiger partial charge in [-0.25, -0.2) is 0 Å². The number of nitrogens with one attached hydrogen (secondary N) is 1. The Bertz CT molecular complexity index is 396. The zero-order valence-electron chi connectivity index (χ0n) is 13.5. The summed E-state index contributed by atoms with van der Waals surface area (Å²) < 4.78 is 5.72. The molecule has 3 N–H and O–H groups in total. The lowest BCUT2D eigenvalue weighted by Crippen LogP contribution is -2.35. The zero-order chi connectivity index (χ0) is 15.1. The predicted molar refractivity (Wildman–Crippen MR) is 88.0 cm³/mol. The summed E-state index contributed by atoms with van der Waals surface area (Å²) in [7, 11) is 0. The summed E-state index contributed by atoms with van der Waals surface area (Å²) in [6.45, 7) is 5.33. The second-order valence-corrected chi connectivity index (χ2v) is 6.44. The predicted octanol–water partition coefficient (Wildman–Crippen LogP) is 4.20. The average molecular weight is 290 g/mol. The SMILES string of the molecule is CCCCOc1ccc(C(NN)C2CCC(C)CC2)cc1. The second-order valence-electron chi connectivity index (χ2n) is 6.44. The average Bonchev–Trinajstić information content (AvgIpc) is 2.52. The Labute approximate surface area is 129 Å². The van der Waals surface area contributed by atoms with Gasteiger partial charge in [0.1, 0.15) is 5.75 Å². The van der Waals surface area contributed by atoms with Crippen LogP contribution < -0.4 is 16.0 Å². The van der Waals surface area contributed by atoms with Crippen molar-refractivity contribution in [1.29, 1.82) is 0 Å². The fourth-order valence-corrected chi connectivity index (χ4v) is 3.23. The summed E-state index contributed by atoms with van der Waals surface area (Å²) in [5, 5.41) is 0. The molecular formula is C18H30N2O. The quantitative estimate of drug-likeness (QED) is 0.449. The fraction of sp³-hybridized carbons (Fsp3) is 0.667. The summed E-state index contributed by atoms with van der Waals surface area (Å²) in [5.74, 6) is 8.30. The van der Waals surface area contributed by atoms with Crippen molar-refractivity contribution in [2.75, 3.05) is 6.61 Å². The van der Waals surface area contributed by atoms with E-state index in [4.69, 9.17) is 10.6 Å². The van der Waals surface area contributed by atoms with E-state index in [2.05, 4.69) is 43.5 Å². The van der Waals surface area contributed by atoms with Crippen molar-refractivity contribution in [1.82, 2.24) is 5.43 Å². The summed E-state index contributed by atoms with van der Waals surface area (Å²) in [5.41, 5.74) is 4.31. The molecule has 0 saturated heterocycles. The lowest BCUT2D eigenvalue weighted by Gasteiger charge is -2.32. The summed E-state index contributed by atoms with van der Waals surface area (Å²) >= 11 is 0. The Kier molecular flexibility index (Phi) is 6.52. The van der Waals surface area contributed by atoms with Crippen LogP contribution in [0.2, 0.25) is 0 Å². The maximum atomic E-state index is 5.83. The molecule has 3 nitrogen and oxygen atoms in total.